The van der Waals surface area contributed by atoms with Gasteiger partial charge in [0, 0.05) is 6.42 Å². The lowest BCUT2D eigenvalue weighted by atomic mass is 10.0. The lowest BCUT2D eigenvalue weighted by Gasteiger charge is -2.05. The normalized spacial score (nSPS) is 10.7. The zero-order valence-corrected chi connectivity index (χ0v) is 17.5. The van der Waals surface area contributed by atoms with Crippen LogP contribution in [0.15, 0.2) is 0 Å². The van der Waals surface area contributed by atoms with Crippen molar-refractivity contribution in [1.29, 1.82) is 0 Å². The molecular formula is C22H43NO3. The van der Waals surface area contributed by atoms with Gasteiger partial charge in [-0.1, -0.05) is 96.8 Å². The summed E-state index contributed by atoms with van der Waals surface area (Å²) in [4.78, 5) is 22.7. The van der Waals surface area contributed by atoms with Crippen LogP contribution in [0.4, 0.5) is 0 Å². The molecule has 4 nitrogen and oxygen atoms in total. The maximum absolute atomic E-state index is 11.6. The van der Waals surface area contributed by atoms with E-state index in [1.54, 1.807) is 6.92 Å². The van der Waals surface area contributed by atoms with Gasteiger partial charge in [0.15, 0.2) is 0 Å². The van der Waals surface area contributed by atoms with Crippen LogP contribution in [-0.4, -0.2) is 25.0 Å². The van der Waals surface area contributed by atoms with Crippen molar-refractivity contribution in [2.24, 2.45) is 0 Å². The minimum atomic E-state index is -0.364. The summed E-state index contributed by atoms with van der Waals surface area (Å²) in [6.45, 7) is 4.37. The Kier molecular flexibility index (Phi) is 19.4. The molecule has 0 bridgehead atoms. The zero-order chi connectivity index (χ0) is 19.3. The number of hydrogen-bond donors (Lipinski definition) is 1. The molecule has 0 rings (SSSR count). The average molecular weight is 370 g/mol. The average Bonchev–Trinajstić information content (AvgIpc) is 2.63. The van der Waals surface area contributed by atoms with Crippen LogP contribution in [0.2, 0.25) is 0 Å². The number of rotatable bonds is 19. The van der Waals surface area contributed by atoms with E-state index in [2.05, 4.69) is 12.2 Å². The molecule has 0 radical (unpaired) electrons. The van der Waals surface area contributed by atoms with Crippen molar-refractivity contribution in [1.82, 2.24) is 5.32 Å². The van der Waals surface area contributed by atoms with Gasteiger partial charge in [-0.3, -0.25) is 9.59 Å². The second kappa shape index (κ2) is 20.3. The number of carbonyl (C=O) groups is 2. The second-order valence-corrected chi connectivity index (χ2v) is 7.28. The summed E-state index contributed by atoms with van der Waals surface area (Å²) in [5, 5.41) is 2.60. The van der Waals surface area contributed by atoms with Gasteiger partial charge in [0.05, 0.1) is 6.61 Å². The van der Waals surface area contributed by atoms with Crippen LogP contribution in [0.25, 0.3) is 0 Å². The van der Waals surface area contributed by atoms with Crippen LogP contribution < -0.4 is 5.32 Å². The Morgan fingerprint density at radius 1 is 0.654 bits per heavy atom. The summed E-state index contributed by atoms with van der Waals surface area (Å²) < 4.78 is 4.77. The SMILES string of the molecule is CCCCCCCCCCCCCCCCCC(=O)NCC(=O)OCC. The van der Waals surface area contributed by atoms with Crippen LogP contribution in [0.5, 0.6) is 0 Å². The molecule has 154 valence electrons. The van der Waals surface area contributed by atoms with E-state index in [1.807, 2.05) is 0 Å². The fourth-order valence-corrected chi connectivity index (χ4v) is 3.13. The Morgan fingerprint density at radius 3 is 1.50 bits per heavy atom. The Balaban J connectivity index is 3.17. The van der Waals surface area contributed by atoms with Gasteiger partial charge in [-0.25, -0.2) is 0 Å². The summed E-state index contributed by atoms with van der Waals surface area (Å²) in [5.41, 5.74) is 0. The number of unbranched alkanes of at least 4 members (excludes halogenated alkanes) is 14. The summed E-state index contributed by atoms with van der Waals surface area (Å²) in [6, 6.07) is 0. The molecule has 0 saturated heterocycles. The van der Waals surface area contributed by atoms with E-state index < -0.39 is 0 Å². The highest BCUT2D eigenvalue weighted by Crippen LogP contribution is 2.13. The molecule has 0 spiro atoms. The van der Waals surface area contributed by atoms with Crippen molar-refractivity contribution in [2.45, 2.75) is 117 Å². The topological polar surface area (TPSA) is 55.4 Å². The second-order valence-electron chi connectivity index (χ2n) is 7.28. The molecule has 26 heavy (non-hydrogen) atoms. The minimum Gasteiger partial charge on any atom is -0.465 e. The number of nitrogens with one attached hydrogen (secondary N) is 1. The smallest absolute Gasteiger partial charge is 0.325 e. The van der Waals surface area contributed by atoms with E-state index in [0.29, 0.717) is 13.0 Å². The lowest BCUT2D eigenvalue weighted by Crippen LogP contribution is -2.30. The maximum atomic E-state index is 11.6. The van der Waals surface area contributed by atoms with Crippen molar-refractivity contribution < 1.29 is 14.3 Å². The van der Waals surface area contributed by atoms with Crippen LogP contribution >= 0.6 is 0 Å². The molecule has 0 aromatic rings. The van der Waals surface area contributed by atoms with Crippen molar-refractivity contribution in [3.63, 3.8) is 0 Å². The summed E-state index contributed by atoms with van der Waals surface area (Å²) in [6.07, 6.45) is 20.3. The lowest BCUT2D eigenvalue weighted by molar-refractivity contribution is -0.143. The number of ether oxygens (including phenoxy) is 1. The highest BCUT2D eigenvalue weighted by molar-refractivity contribution is 5.81. The van der Waals surface area contributed by atoms with Crippen molar-refractivity contribution in [2.75, 3.05) is 13.2 Å². The van der Waals surface area contributed by atoms with E-state index >= 15 is 0 Å². The van der Waals surface area contributed by atoms with E-state index in [1.165, 1.54) is 83.5 Å². The summed E-state index contributed by atoms with van der Waals surface area (Å²) >= 11 is 0. The molecule has 0 aromatic carbocycles. The molecule has 1 amide bonds. The van der Waals surface area contributed by atoms with Gasteiger partial charge >= 0.3 is 5.97 Å². The predicted octanol–water partition coefficient (Wildman–Crippen LogP) is 5.93. The molecule has 1 N–H and O–H groups in total. The Labute approximate surface area is 161 Å². The van der Waals surface area contributed by atoms with Gasteiger partial charge in [-0.2, -0.15) is 0 Å². The van der Waals surface area contributed by atoms with Gasteiger partial charge in [-0.05, 0) is 13.3 Å². The molecule has 0 aromatic heterocycles. The standard InChI is InChI=1S/C22H43NO3/c1-3-5-6-7-8-9-10-11-12-13-14-15-16-17-18-19-21(24)23-20-22(25)26-4-2/h3-20H2,1-2H3,(H,23,24). The first-order valence-corrected chi connectivity index (χ1v) is 11.1. The first kappa shape index (κ1) is 24.9. The Hall–Kier alpha value is -1.06. The maximum Gasteiger partial charge on any atom is 0.325 e. The Bertz CT molecular complexity index is 331. The van der Waals surface area contributed by atoms with Crippen LogP contribution in [-0.2, 0) is 14.3 Å². The third-order valence-corrected chi connectivity index (χ3v) is 4.74. The monoisotopic (exact) mass is 369 g/mol. The molecule has 0 unspecified atom stereocenters. The van der Waals surface area contributed by atoms with E-state index in [0.717, 1.165) is 12.8 Å². The highest BCUT2D eigenvalue weighted by Gasteiger charge is 2.05. The van der Waals surface area contributed by atoms with Gasteiger partial charge in [-0.15, -0.1) is 0 Å². The summed E-state index contributed by atoms with van der Waals surface area (Å²) in [7, 11) is 0. The van der Waals surface area contributed by atoms with Gasteiger partial charge in [0.2, 0.25) is 5.91 Å². The zero-order valence-electron chi connectivity index (χ0n) is 17.5. The molecule has 0 heterocycles. The van der Waals surface area contributed by atoms with E-state index in [4.69, 9.17) is 4.74 Å². The summed E-state index contributed by atoms with van der Waals surface area (Å²) in [5.74, 6) is -0.412. The van der Waals surface area contributed by atoms with Gasteiger partial charge in [0.1, 0.15) is 6.54 Å². The fourth-order valence-electron chi connectivity index (χ4n) is 3.13. The Morgan fingerprint density at radius 2 is 1.08 bits per heavy atom. The first-order chi connectivity index (χ1) is 12.7. The van der Waals surface area contributed by atoms with Crippen molar-refractivity contribution in [3.05, 3.63) is 0 Å². The highest BCUT2D eigenvalue weighted by atomic mass is 16.5. The number of esters is 1. The van der Waals surface area contributed by atoms with Crippen molar-refractivity contribution in [3.8, 4) is 0 Å². The molecule has 4 heteroatoms. The van der Waals surface area contributed by atoms with Crippen LogP contribution in [0, 0.1) is 0 Å². The number of carbonyl (C=O) groups excluding carboxylic acids is 2. The predicted molar refractivity (Wildman–Crippen MR) is 109 cm³/mol. The third kappa shape index (κ3) is 19.3. The molecule has 0 aliphatic carbocycles. The molecule has 0 saturated carbocycles. The molecule has 0 atom stereocenters. The first-order valence-electron chi connectivity index (χ1n) is 11.1. The third-order valence-electron chi connectivity index (χ3n) is 4.74. The molecule has 0 fully saturated rings. The fraction of sp³-hybridized carbons (Fsp3) is 0.909. The van der Waals surface area contributed by atoms with Crippen molar-refractivity contribution >= 4 is 11.9 Å². The number of hydrogen-bond acceptors (Lipinski definition) is 3. The minimum absolute atomic E-state index is 0.00852. The largest absolute Gasteiger partial charge is 0.465 e. The quantitative estimate of drug-likeness (QED) is 0.227. The molecule has 0 aliphatic rings. The number of amides is 1. The molecular weight excluding hydrogens is 326 g/mol. The molecule has 0 aliphatic heterocycles. The van der Waals surface area contributed by atoms with Crippen LogP contribution in [0.1, 0.15) is 117 Å². The van der Waals surface area contributed by atoms with E-state index in [9.17, 15) is 9.59 Å². The van der Waals surface area contributed by atoms with Gasteiger partial charge in [0.25, 0.3) is 0 Å². The van der Waals surface area contributed by atoms with Gasteiger partial charge < -0.3 is 10.1 Å². The van der Waals surface area contributed by atoms with Crippen LogP contribution in [0.3, 0.4) is 0 Å². The van der Waals surface area contributed by atoms with E-state index in [-0.39, 0.29) is 18.4 Å².